The van der Waals surface area contributed by atoms with Crippen molar-refractivity contribution in [2.75, 3.05) is 18.0 Å². The Kier molecular flexibility index (Phi) is 5.42. The van der Waals surface area contributed by atoms with Gasteiger partial charge in [-0.1, -0.05) is 11.6 Å². The first-order valence-electron chi connectivity index (χ1n) is 8.50. The number of anilines is 1. The number of hydrogen-bond acceptors (Lipinski definition) is 5. The Hall–Kier alpha value is -2.49. The molecule has 2 heterocycles. The van der Waals surface area contributed by atoms with Crippen LogP contribution in [0.25, 0.3) is 0 Å². The van der Waals surface area contributed by atoms with E-state index in [1.165, 1.54) is 14.1 Å². The van der Waals surface area contributed by atoms with Crippen LogP contribution in [-0.4, -0.2) is 33.5 Å². The molecule has 1 fully saturated rings. The molecule has 2 aromatic rings. The number of ether oxygens (including phenoxy) is 1. The molecule has 3 rings (SSSR count). The summed E-state index contributed by atoms with van der Waals surface area (Å²) >= 11 is 5.97. The molecule has 0 radical (unpaired) electrons. The average molecular weight is 419 g/mol. The van der Waals surface area contributed by atoms with Gasteiger partial charge in [0, 0.05) is 40.0 Å². The van der Waals surface area contributed by atoms with Crippen LogP contribution < -0.4 is 20.9 Å². The van der Waals surface area contributed by atoms with Gasteiger partial charge in [0.1, 0.15) is 11.9 Å². The molecule has 152 valence electrons. The minimum absolute atomic E-state index is 0.0221. The number of aryl methyl sites for hydroxylation is 1. The van der Waals surface area contributed by atoms with Crippen molar-refractivity contribution in [1.82, 2.24) is 14.3 Å². The molecule has 0 aliphatic carbocycles. The third-order valence-corrected chi connectivity index (χ3v) is 4.91. The summed E-state index contributed by atoms with van der Waals surface area (Å²) in [5.41, 5.74) is -1.85. The predicted molar refractivity (Wildman–Crippen MR) is 97.0 cm³/mol. The van der Waals surface area contributed by atoms with E-state index in [2.05, 4.69) is 5.10 Å². The van der Waals surface area contributed by atoms with E-state index in [0.717, 1.165) is 27.4 Å². The molecule has 0 amide bonds. The maximum atomic E-state index is 12.9. The molecule has 0 bridgehead atoms. The number of rotatable bonds is 3. The summed E-state index contributed by atoms with van der Waals surface area (Å²) in [6, 6.07) is 2.95. The first-order chi connectivity index (χ1) is 13.1. The van der Waals surface area contributed by atoms with E-state index in [1.54, 1.807) is 4.90 Å². The molecule has 0 spiro atoms. The van der Waals surface area contributed by atoms with Crippen LogP contribution in [0.5, 0.6) is 5.75 Å². The van der Waals surface area contributed by atoms with Gasteiger partial charge in [-0.05, 0) is 18.2 Å². The van der Waals surface area contributed by atoms with E-state index in [9.17, 15) is 22.8 Å². The summed E-state index contributed by atoms with van der Waals surface area (Å²) in [4.78, 5) is 25.8. The fourth-order valence-electron chi connectivity index (χ4n) is 3.02. The Morgan fingerprint density at radius 2 is 1.82 bits per heavy atom. The zero-order valence-electron chi connectivity index (χ0n) is 15.2. The first-order valence-corrected chi connectivity index (χ1v) is 8.88. The second-order valence-corrected chi connectivity index (χ2v) is 6.95. The molecule has 1 aromatic heterocycles. The number of alkyl halides is 3. The summed E-state index contributed by atoms with van der Waals surface area (Å²) in [5.74, 6) is 0.131. The molecular weight excluding hydrogens is 401 g/mol. The van der Waals surface area contributed by atoms with Gasteiger partial charge in [-0.15, -0.1) is 5.10 Å². The van der Waals surface area contributed by atoms with Gasteiger partial charge in [-0.3, -0.25) is 9.36 Å². The van der Waals surface area contributed by atoms with Gasteiger partial charge in [0.2, 0.25) is 5.82 Å². The third-order valence-electron chi connectivity index (χ3n) is 4.60. The second kappa shape index (κ2) is 7.50. The van der Waals surface area contributed by atoms with Crippen molar-refractivity contribution in [2.45, 2.75) is 25.1 Å². The van der Waals surface area contributed by atoms with Crippen molar-refractivity contribution in [3.8, 4) is 5.75 Å². The Morgan fingerprint density at radius 3 is 2.43 bits per heavy atom. The van der Waals surface area contributed by atoms with Crippen LogP contribution in [0.15, 0.2) is 27.8 Å². The molecular formula is C17H18ClF3N4O3. The molecule has 1 aromatic carbocycles. The van der Waals surface area contributed by atoms with Crippen LogP contribution in [0.3, 0.4) is 0 Å². The standard InChI is InChI=1S/C17H18ClF3N4O3/c1-23-15(26)14(22-24(2)16(23)27)25-7-5-11(6-8-25)28-13-9-10(17(19,20)21)3-4-12(13)18/h3-4,9,11H,5-8H2,1-2H3. The van der Waals surface area contributed by atoms with Gasteiger partial charge in [0.15, 0.2) is 0 Å². The molecule has 0 atom stereocenters. The number of hydrogen-bond donors (Lipinski definition) is 0. The lowest BCUT2D eigenvalue weighted by Gasteiger charge is -2.32. The fraction of sp³-hybridized carbons (Fsp3) is 0.471. The highest BCUT2D eigenvalue weighted by atomic mass is 35.5. The average Bonchev–Trinajstić information content (AvgIpc) is 2.64. The van der Waals surface area contributed by atoms with Crippen LogP contribution >= 0.6 is 11.6 Å². The summed E-state index contributed by atoms with van der Waals surface area (Å²) < 4.78 is 46.4. The fourth-order valence-corrected chi connectivity index (χ4v) is 3.18. The van der Waals surface area contributed by atoms with E-state index in [4.69, 9.17) is 16.3 Å². The van der Waals surface area contributed by atoms with Crippen LogP contribution in [0.1, 0.15) is 18.4 Å². The van der Waals surface area contributed by atoms with Crippen molar-refractivity contribution in [1.29, 1.82) is 0 Å². The molecule has 1 aliphatic rings. The monoisotopic (exact) mass is 418 g/mol. The van der Waals surface area contributed by atoms with Crippen LogP contribution in [0, 0.1) is 0 Å². The molecule has 0 N–H and O–H groups in total. The Balaban J connectivity index is 1.72. The highest BCUT2D eigenvalue weighted by Crippen LogP contribution is 2.36. The predicted octanol–water partition coefficient (Wildman–Crippen LogP) is 2.20. The maximum Gasteiger partial charge on any atom is 0.416 e. The molecule has 1 saturated heterocycles. The lowest BCUT2D eigenvalue weighted by atomic mass is 10.1. The number of nitrogens with zero attached hydrogens (tertiary/aromatic N) is 4. The SMILES string of the molecule is Cn1nc(N2CCC(Oc3cc(C(F)(F)F)ccc3Cl)CC2)c(=O)n(C)c1=O. The first kappa shape index (κ1) is 20.2. The zero-order valence-corrected chi connectivity index (χ0v) is 15.9. The zero-order chi connectivity index (χ0) is 20.6. The van der Waals surface area contributed by atoms with E-state index < -0.39 is 23.0 Å². The van der Waals surface area contributed by atoms with Crippen molar-refractivity contribution in [3.63, 3.8) is 0 Å². The Bertz CT molecular complexity index is 995. The van der Waals surface area contributed by atoms with Gasteiger partial charge in [0.05, 0.1) is 10.6 Å². The Labute approximate surface area is 162 Å². The molecule has 0 unspecified atom stereocenters. The highest BCUT2D eigenvalue weighted by molar-refractivity contribution is 6.32. The highest BCUT2D eigenvalue weighted by Gasteiger charge is 2.32. The molecule has 0 saturated carbocycles. The largest absolute Gasteiger partial charge is 0.489 e. The van der Waals surface area contributed by atoms with Gasteiger partial charge in [-0.2, -0.15) is 13.2 Å². The number of aromatic nitrogens is 3. The number of piperidine rings is 1. The topological polar surface area (TPSA) is 69.4 Å². The van der Waals surface area contributed by atoms with Crippen molar-refractivity contribution >= 4 is 17.4 Å². The van der Waals surface area contributed by atoms with Gasteiger partial charge >= 0.3 is 11.9 Å². The van der Waals surface area contributed by atoms with Crippen LogP contribution in [-0.2, 0) is 20.3 Å². The Morgan fingerprint density at radius 1 is 1.18 bits per heavy atom. The maximum absolute atomic E-state index is 12.9. The van der Waals surface area contributed by atoms with Crippen LogP contribution in [0.4, 0.5) is 19.0 Å². The van der Waals surface area contributed by atoms with E-state index in [0.29, 0.717) is 25.9 Å². The summed E-state index contributed by atoms with van der Waals surface area (Å²) in [6.45, 7) is 0.809. The van der Waals surface area contributed by atoms with E-state index >= 15 is 0 Å². The van der Waals surface area contributed by atoms with Crippen molar-refractivity contribution < 1.29 is 17.9 Å². The van der Waals surface area contributed by atoms with Crippen molar-refractivity contribution in [3.05, 3.63) is 49.6 Å². The molecule has 28 heavy (non-hydrogen) atoms. The van der Waals surface area contributed by atoms with Gasteiger partial charge < -0.3 is 9.64 Å². The summed E-state index contributed by atoms with van der Waals surface area (Å²) in [7, 11) is 2.83. The molecule has 7 nitrogen and oxygen atoms in total. The summed E-state index contributed by atoms with van der Waals surface area (Å²) in [6.07, 6.45) is -3.92. The molecule has 1 aliphatic heterocycles. The van der Waals surface area contributed by atoms with Crippen LogP contribution in [0.2, 0.25) is 5.02 Å². The summed E-state index contributed by atoms with van der Waals surface area (Å²) in [5, 5.41) is 4.13. The van der Waals surface area contributed by atoms with E-state index in [-0.39, 0.29) is 22.7 Å². The number of benzene rings is 1. The lowest BCUT2D eigenvalue weighted by molar-refractivity contribution is -0.137. The quantitative estimate of drug-likeness (QED) is 0.764. The number of halogens is 4. The minimum Gasteiger partial charge on any atom is -0.489 e. The third kappa shape index (κ3) is 4.01. The smallest absolute Gasteiger partial charge is 0.416 e. The normalized spacial score (nSPS) is 15.7. The second-order valence-electron chi connectivity index (χ2n) is 6.54. The van der Waals surface area contributed by atoms with Gasteiger partial charge in [-0.25, -0.2) is 9.48 Å². The van der Waals surface area contributed by atoms with Crippen molar-refractivity contribution in [2.24, 2.45) is 14.1 Å². The van der Waals surface area contributed by atoms with E-state index in [1.807, 2.05) is 0 Å². The lowest BCUT2D eigenvalue weighted by Crippen LogP contribution is -2.46. The minimum atomic E-state index is -4.49. The molecule has 11 heteroatoms. The van der Waals surface area contributed by atoms with Gasteiger partial charge in [0.25, 0.3) is 5.56 Å².